The lowest BCUT2D eigenvalue weighted by Crippen LogP contribution is -2.16. The van der Waals surface area contributed by atoms with Crippen molar-refractivity contribution >= 4 is 11.7 Å². The number of nitrogens with zero attached hydrogens (tertiary/aromatic N) is 5. The molecule has 31 heavy (non-hydrogen) atoms. The second-order valence-corrected chi connectivity index (χ2v) is 7.73. The van der Waals surface area contributed by atoms with Crippen LogP contribution in [0.4, 0.5) is 0 Å². The van der Waals surface area contributed by atoms with E-state index >= 15 is 0 Å². The van der Waals surface area contributed by atoms with Crippen LogP contribution in [0.1, 0.15) is 38.8 Å². The van der Waals surface area contributed by atoms with Crippen LogP contribution in [0.15, 0.2) is 58.6 Å². The number of aliphatic imine (C=N–C) groups is 2. The Hall–Kier alpha value is -3.68. The predicted molar refractivity (Wildman–Crippen MR) is 125 cm³/mol. The average molecular weight is 420 g/mol. The van der Waals surface area contributed by atoms with Gasteiger partial charge in [0, 0.05) is 28.8 Å². The van der Waals surface area contributed by atoms with Gasteiger partial charge in [0.1, 0.15) is 23.1 Å². The average Bonchev–Trinajstić information content (AvgIpc) is 3.22. The minimum atomic E-state index is 0.112. The number of hydrogen-bond donors (Lipinski definition) is 2. The molecule has 0 spiro atoms. The van der Waals surface area contributed by atoms with Gasteiger partial charge in [-0.25, -0.2) is 4.68 Å². The molecule has 0 bridgehead atoms. The number of rotatable bonds is 7. The van der Waals surface area contributed by atoms with Crippen LogP contribution in [0.25, 0.3) is 16.9 Å². The second kappa shape index (κ2) is 9.42. The smallest absolute Gasteiger partial charge is 0.129 e. The summed E-state index contributed by atoms with van der Waals surface area (Å²) in [6.07, 6.45) is 1.85. The Kier molecular flexibility index (Phi) is 6.69. The Balaban J connectivity index is 1.94. The van der Waals surface area contributed by atoms with E-state index in [1.54, 1.807) is 11.8 Å². The molecule has 0 atom stereocenters. The van der Waals surface area contributed by atoms with E-state index in [4.69, 9.17) is 16.2 Å². The van der Waals surface area contributed by atoms with E-state index in [0.717, 1.165) is 22.4 Å². The van der Waals surface area contributed by atoms with Crippen molar-refractivity contribution < 1.29 is 4.74 Å². The molecule has 0 fully saturated rings. The number of nitrogens with two attached hydrogens (primary N) is 2. The van der Waals surface area contributed by atoms with Gasteiger partial charge in [0.15, 0.2) is 0 Å². The first-order valence-electron chi connectivity index (χ1n) is 10.2. The van der Waals surface area contributed by atoms with E-state index in [9.17, 15) is 0 Å². The maximum absolute atomic E-state index is 6.11. The summed E-state index contributed by atoms with van der Waals surface area (Å²) >= 11 is 0. The van der Waals surface area contributed by atoms with Crippen LogP contribution in [0, 0.1) is 0 Å². The Morgan fingerprint density at radius 1 is 0.935 bits per heavy atom. The Morgan fingerprint density at radius 3 is 2.19 bits per heavy atom. The van der Waals surface area contributed by atoms with Crippen molar-refractivity contribution in [3.8, 4) is 22.7 Å². The first kappa shape index (κ1) is 22.0. The van der Waals surface area contributed by atoms with Crippen LogP contribution in [0.2, 0.25) is 0 Å². The van der Waals surface area contributed by atoms with Gasteiger partial charge >= 0.3 is 0 Å². The molecule has 0 unspecified atom stereocenters. The van der Waals surface area contributed by atoms with Crippen LogP contribution in [0.5, 0.6) is 5.75 Å². The highest BCUT2D eigenvalue weighted by Crippen LogP contribution is 2.30. The van der Waals surface area contributed by atoms with Crippen LogP contribution in [-0.4, -0.2) is 45.9 Å². The van der Waals surface area contributed by atoms with Crippen molar-refractivity contribution in [2.45, 2.75) is 39.8 Å². The molecule has 2 aromatic carbocycles. The molecule has 8 heteroatoms. The molecule has 0 aliphatic heterocycles. The maximum atomic E-state index is 6.11. The molecule has 0 aliphatic rings. The highest BCUT2D eigenvalue weighted by molar-refractivity contribution is 5.99. The van der Waals surface area contributed by atoms with Gasteiger partial charge in [-0.2, -0.15) is 0 Å². The Labute approximate surface area is 182 Å². The topological polar surface area (TPSA) is 117 Å². The summed E-state index contributed by atoms with van der Waals surface area (Å²) in [5, 5.41) is 8.61. The molecule has 0 aliphatic carbocycles. The van der Waals surface area contributed by atoms with Crippen molar-refractivity contribution in [2.24, 2.45) is 21.5 Å². The third-order valence-electron chi connectivity index (χ3n) is 4.47. The van der Waals surface area contributed by atoms with E-state index in [1.165, 1.54) is 0 Å². The zero-order valence-corrected chi connectivity index (χ0v) is 18.6. The zero-order chi connectivity index (χ0) is 22.5. The van der Waals surface area contributed by atoms with Gasteiger partial charge in [0.2, 0.25) is 0 Å². The molecule has 0 saturated heterocycles. The van der Waals surface area contributed by atoms with E-state index in [2.05, 4.69) is 20.3 Å². The number of benzene rings is 2. The maximum Gasteiger partial charge on any atom is 0.129 e. The number of aromatic nitrogens is 3. The minimum absolute atomic E-state index is 0.112. The van der Waals surface area contributed by atoms with Crippen LogP contribution in [-0.2, 0) is 0 Å². The SMILES string of the molecule is COc1cc(C(N)=NC(C)C)ccc1-c1cn(-c2cccc(C(N)=NC(C)C)c2)nn1. The van der Waals surface area contributed by atoms with Gasteiger partial charge in [0.05, 0.1) is 19.0 Å². The molecule has 3 rings (SSSR count). The summed E-state index contributed by atoms with van der Waals surface area (Å²) < 4.78 is 7.28. The van der Waals surface area contributed by atoms with Crippen molar-refractivity contribution in [2.75, 3.05) is 7.11 Å². The molecular weight excluding hydrogens is 390 g/mol. The first-order chi connectivity index (χ1) is 14.8. The minimum Gasteiger partial charge on any atom is -0.496 e. The largest absolute Gasteiger partial charge is 0.496 e. The van der Waals surface area contributed by atoms with Gasteiger partial charge in [-0.05, 0) is 52.0 Å². The van der Waals surface area contributed by atoms with E-state index in [1.807, 2.05) is 76.4 Å². The molecule has 4 N–H and O–H groups in total. The molecule has 1 heterocycles. The summed E-state index contributed by atoms with van der Waals surface area (Å²) in [6.45, 7) is 7.94. The standard InChI is InChI=1S/C23H29N7O/c1-14(2)26-22(24)16-7-6-8-18(11-16)30-13-20(28-29-30)19-10-9-17(12-21(19)31-5)23(25)27-15(3)4/h6-15H,1-5H3,(H2,24,26)(H2,25,27). The highest BCUT2D eigenvalue weighted by Gasteiger charge is 2.13. The van der Waals surface area contributed by atoms with Gasteiger partial charge in [-0.3, -0.25) is 9.98 Å². The lowest BCUT2D eigenvalue weighted by atomic mass is 10.1. The van der Waals surface area contributed by atoms with Crippen molar-refractivity contribution in [1.82, 2.24) is 15.0 Å². The summed E-state index contributed by atoms with van der Waals surface area (Å²) in [6, 6.07) is 13.6. The molecule has 0 radical (unpaired) electrons. The highest BCUT2D eigenvalue weighted by atomic mass is 16.5. The molecule has 162 valence electrons. The van der Waals surface area contributed by atoms with Gasteiger partial charge in [0.25, 0.3) is 0 Å². The quantitative estimate of drug-likeness (QED) is 0.451. The number of amidine groups is 2. The lowest BCUT2D eigenvalue weighted by molar-refractivity contribution is 0.416. The molecule has 0 amide bonds. The van der Waals surface area contributed by atoms with Crippen molar-refractivity contribution in [3.63, 3.8) is 0 Å². The van der Waals surface area contributed by atoms with Gasteiger partial charge in [-0.1, -0.05) is 23.4 Å². The third-order valence-corrected chi connectivity index (χ3v) is 4.47. The van der Waals surface area contributed by atoms with Crippen LogP contribution >= 0.6 is 0 Å². The van der Waals surface area contributed by atoms with Crippen molar-refractivity contribution in [1.29, 1.82) is 0 Å². The van der Waals surface area contributed by atoms with Crippen LogP contribution < -0.4 is 16.2 Å². The zero-order valence-electron chi connectivity index (χ0n) is 18.6. The molecular formula is C23H29N7O. The Morgan fingerprint density at radius 2 is 1.58 bits per heavy atom. The fourth-order valence-electron chi connectivity index (χ4n) is 3.09. The Bertz CT molecular complexity index is 1110. The normalized spacial score (nSPS) is 12.6. The summed E-state index contributed by atoms with van der Waals surface area (Å²) in [4.78, 5) is 8.81. The van der Waals surface area contributed by atoms with E-state index in [0.29, 0.717) is 23.1 Å². The third kappa shape index (κ3) is 5.28. The molecule has 1 aromatic heterocycles. The fourth-order valence-corrected chi connectivity index (χ4v) is 3.09. The van der Waals surface area contributed by atoms with Crippen molar-refractivity contribution in [3.05, 3.63) is 59.8 Å². The molecule has 0 saturated carbocycles. The van der Waals surface area contributed by atoms with E-state index < -0.39 is 0 Å². The number of hydrogen-bond acceptors (Lipinski definition) is 5. The van der Waals surface area contributed by atoms with E-state index in [-0.39, 0.29) is 12.1 Å². The van der Waals surface area contributed by atoms with Gasteiger partial charge in [-0.15, -0.1) is 5.10 Å². The number of ether oxygens (including phenoxy) is 1. The first-order valence-corrected chi connectivity index (χ1v) is 10.2. The number of methoxy groups -OCH3 is 1. The predicted octanol–water partition coefficient (Wildman–Crippen LogP) is 3.17. The molecule has 3 aromatic rings. The van der Waals surface area contributed by atoms with Gasteiger partial charge < -0.3 is 16.2 Å². The molecule has 8 nitrogen and oxygen atoms in total. The summed E-state index contributed by atoms with van der Waals surface area (Å²) in [5.41, 5.74) is 16.2. The fraction of sp³-hybridized carbons (Fsp3) is 0.304. The lowest BCUT2D eigenvalue weighted by Gasteiger charge is -2.09. The second-order valence-electron chi connectivity index (χ2n) is 7.73. The summed E-state index contributed by atoms with van der Waals surface area (Å²) in [5.74, 6) is 1.62. The summed E-state index contributed by atoms with van der Waals surface area (Å²) in [7, 11) is 1.61. The monoisotopic (exact) mass is 419 g/mol. The van der Waals surface area contributed by atoms with Crippen LogP contribution in [0.3, 0.4) is 0 Å².